The second-order valence-electron chi connectivity index (χ2n) is 11.2. The van der Waals surface area contributed by atoms with E-state index in [0.29, 0.717) is 23.6 Å². The molecule has 1 fully saturated rings. The van der Waals surface area contributed by atoms with Crippen LogP contribution < -0.4 is 9.82 Å². The number of aromatic nitrogens is 4. The van der Waals surface area contributed by atoms with Crippen molar-refractivity contribution in [3.05, 3.63) is 12.2 Å². The Morgan fingerprint density at radius 2 is 1.89 bits per heavy atom. The van der Waals surface area contributed by atoms with Crippen molar-refractivity contribution in [3.63, 3.8) is 0 Å². The molecule has 3 heterocycles. The Bertz CT molecular complexity index is 1330. The zero-order valence-corrected chi connectivity index (χ0v) is 27.3. The summed E-state index contributed by atoms with van der Waals surface area (Å²) in [4.78, 5) is 37.9. The number of nitrogens with one attached hydrogen (secondary N) is 1. The smallest absolute Gasteiger partial charge is 0.406 e. The fourth-order valence-electron chi connectivity index (χ4n) is 4.58. The van der Waals surface area contributed by atoms with Crippen molar-refractivity contribution in [2.75, 3.05) is 26.4 Å². The molecule has 0 saturated carbocycles. The molecule has 1 aliphatic heterocycles. The maximum Gasteiger partial charge on any atom is 0.406 e. The summed E-state index contributed by atoms with van der Waals surface area (Å²) in [6, 6.07) is -1.12. The molecule has 2 unspecified atom stereocenters. The monoisotopic (exact) mass is 645 g/mol. The molecule has 0 radical (unpaired) electrons. The molecule has 2 aromatic rings. The predicted molar refractivity (Wildman–Crippen MR) is 156 cm³/mol. The highest BCUT2D eigenvalue weighted by Gasteiger charge is 2.54. The van der Waals surface area contributed by atoms with E-state index in [1.165, 1.54) is 17.8 Å². The van der Waals surface area contributed by atoms with Crippen LogP contribution in [0.4, 0.5) is 0 Å². The highest BCUT2D eigenvalue weighted by atomic mass is 31.2. The topological polar surface area (TPSA) is 203 Å². The highest BCUT2D eigenvalue weighted by Crippen LogP contribution is 2.47. The number of aliphatic hydroxyl groups is 2. The van der Waals surface area contributed by atoms with E-state index in [1.54, 1.807) is 34.6 Å². The van der Waals surface area contributed by atoms with Crippen molar-refractivity contribution >= 4 is 30.8 Å². The molecule has 0 spiro atoms. The zero-order valence-electron chi connectivity index (χ0n) is 26.4. The Morgan fingerprint density at radius 1 is 1.18 bits per heavy atom. The van der Waals surface area contributed by atoms with Gasteiger partial charge in [-0.05, 0) is 53.9 Å². The Kier molecular flexibility index (Phi) is 12.2. The number of imidazole rings is 1. The maximum atomic E-state index is 13.9. The van der Waals surface area contributed by atoms with Crippen molar-refractivity contribution in [1.29, 1.82) is 0 Å². The lowest BCUT2D eigenvalue weighted by atomic mass is 9.96. The maximum absolute atomic E-state index is 13.9. The largest absolute Gasteiger partial charge is 0.476 e. The quantitative estimate of drug-likeness (QED) is 0.177. The number of rotatable bonds is 16. The number of hydrogen-bond acceptors (Lipinski definition) is 14. The minimum atomic E-state index is -4.45. The summed E-state index contributed by atoms with van der Waals surface area (Å²) in [6.45, 7) is 12.6. The van der Waals surface area contributed by atoms with Crippen LogP contribution in [0, 0.1) is 12.8 Å². The van der Waals surface area contributed by atoms with Gasteiger partial charge in [-0.2, -0.15) is 4.98 Å². The van der Waals surface area contributed by atoms with Crippen LogP contribution in [-0.2, 0) is 37.4 Å². The van der Waals surface area contributed by atoms with Gasteiger partial charge in [0.25, 0.3) is 0 Å². The molecule has 16 nitrogen and oxygen atoms in total. The van der Waals surface area contributed by atoms with Crippen molar-refractivity contribution in [3.8, 4) is 5.88 Å². The van der Waals surface area contributed by atoms with Crippen LogP contribution >= 0.6 is 7.75 Å². The molecule has 0 amide bonds. The van der Waals surface area contributed by atoms with Crippen molar-refractivity contribution in [1.82, 2.24) is 24.6 Å². The normalized spacial score (nSPS) is 24.0. The molecule has 3 N–H and O–H groups in total. The van der Waals surface area contributed by atoms with E-state index in [9.17, 15) is 24.4 Å². The number of aryl methyl sites for hydroxylation is 1. The predicted octanol–water partition coefficient (Wildman–Crippen LogP) is 2.20. The van der Waals surface area contributed by atoms with Crippen LogP contribution in [0.3, 0.4) is 0 Å². The van der Waals surface area contributed by atoms with Crippen molar-refractivity contribution in [2.45, 2.75) is 98.0 Å². The number of aliphatic hydroxyl groups excluding tert-OH is 1. The number of hydrogen-bond donors (Lipinski definition) is 3. The van der Waals surface area contributed by atoms with E-state index in [1.807, 2.05) is 13.8 Å². The summed E-state index contributed by atoms with van der Waals surface area (Å²) in [7, 11) is -4.45. The van der Waals surface area contributed by atoms with E-state index < -0.39 is 69.1 Å². The molecular weight excluding hydrogens is 601 g/mol. The summed E-state index contributed by atoms with van der Waals surface area (Å²) in [5, 5.41) is 25.0. The first-order valence-corrected chi connectivity index (χ1v) is 16.1. The lowest BCUT2D eigenvalue weighted by molar-refractivity contribution is -0.150. The number of ether oxygens (including phenoxy) is 4. The Morgan fingerprint density at radius 3 is 2.50 bits per heavy atom. The van der Waals surface area contributed by atoms with Gasteiger partial charge >= 0.3 is 19.7 Å². The molecule has 17 heteroatoms. The molecule has 0 aromatic carbocycles. The lowest BCUT2D eigenvalue weighted by Crippen LogP contribution is -2.44. The lowest BCUT2D eigenvalue weighted by Gasteiger charge is -2.28. The van der Waals surface area contributed by atoms with Crippen molar-refractivity contribution < 1.29 is 52.4 Å². The Balaban J connectivity index is 1.86. The van der Waals surface area contributed by atoms with Gasteiger partial charge in [-0.25, -0.2) is 24.4 Å². The third kappa shape index (κ3) is 8.71. The number of carbonyl (C=O) groups is 2. The standard InChI is InChI=1S/C27H44N5O11P/c1-9-38-20(33)13-41-44(37,31-18(11-15(3)4)25(35)42-16(5)6)40-12-19-22(34)27(8,36)26(43-19)32-14-28-21-23(32)29-17(7)30-24(21)39-10-2/h14-16,18-19,22,26,34,36H,9-13H2,1-8H3,(H,31,37)/t18-,19+,22?,26+,27-,44?/m0/s1. The van der Waals surface area contributed by atoms with Crippen LogP contribution in [0.15, 0.2) is 6.33 Å². The van der Waals surface area contributed by atoms with Gasteiger partial charge in [0.2, 0.25) is 5.88 Å². The van der Waals surface area contributed by atoms with Gasteiger partial charge in [0.05, 0.1) is 32.3 Å². The van der Waals surface area contributed by atoms with Gasteiger partial charge in [-0.3, -0.25) is 18.4 Å². The molecule has 1 aliphatic rings. The number of carbonyl (C=O) groups excluding carboxylic acids is 2. The molecule has 6 atom stereocenters. The van der Waals surface area contributed by atoms with Gasteiger partial charge in [-0.1, -0.05) is 13.8 Å². The first-order chi connectivity index (χ1) is 20.6. The van der Waals surface area contributed by atoms with E-state index in [4.69, 9.17) is 28.0 Å². The average molecular weight is 646 g/mol. The van der Waals surface area contributed by atoms with Gasteiger partial charge in [0.15, 0.2) is 24.0 Å². The minimum absolute atomic E-state index is 0.0257. The molecule has 2 aromatic heterocycles. The third-order valence-electron chi connectivity index (χ3n) is 6.51. The Hall–Kier alpha value is -2.72. The van der Waals surface area contributed by atoms with E-state index in [-0.39, 0.29) is 24.8 Å². The van der Waals surface area contributed by atoms with E-state index >= 15 is 0 Å². The first-order valence-electron chi connectivity index (χ1n) is 14.5. The second-order valence-corrected chi connectivity index (χ2v) is 13.0. The van der Waals surface area contributed by atoms with Crippen LogP contribution in [0.25, 0.3) is 11.2 Å². The number of esters is 2. The summed E-state index contributed by atoms with van der Waals surface area (Å²) in [6.07, 6.45) is -2.85. The average Bonchev–Trinajstić information content (AvgIpc) is 3.43. The fourth-order valence-corrected chi connectivity index (χ4v) is 6.02. The summed E-state index contributed by atoms with van der Waals surface area (Å²) in [5.41, 5.74) is -1.27. The molecule has 0 aliphatic carbocycles. The first kappa shape index (κ1) is 35.8. The van der Waals surface area contributed by atoms with E-state index in [2.05, 4.69) is 20.0 Å². The van der Waals surface area contributed by atoms with Gasteiger partial charge in [0, 0.05) is 0 Å². The number of fused-ring (bicyclic) bond motifs is 1. The second kappa shape index (κ2) is 15.0. The minimum Gasteiger partial charge on any atom is -0.476 e. The van der Waals surface area contributed by atoms with Crippen LogP contribution in [-0.4, -0.2) is 98.1 Å². The summed E-state index contributed by atoms with van der Waals surface area (Å²) < 4.78 is 48.1. The van der Waals surface area contributed by atoms with Gasteiger partial charge in [0.1, 0.15) is 29.7 Å². The van der Waals surface area contributed by atoms with Crippen LogP contribution in [0.5, 0.6) is 5.88 Å². The summed E-state index contributed by atoms with van der Waals surface area (Å²) >= 11 is 0. The van der Waals surface area contributed by atoms with Gasteiger partial charge in [-0.15, -0.1) is 0 Å². The molecule has 248 valence electrons. The van der Waals surface area contributed by atoms with Crippen LogP contribution in [0.2, 0.25) is 0 Å². The molecule has 0 bridgehead atoms. The molecule has 44 heavy (non-hydrogen) atoms. The number of nitrogens with zero attached hydrogens (tertiary/aromatic N) is 4. The SMILES string of the molecule is CCOC(=O)COP(=O)(N[C@@H](CC(C)C)C(=O)OC(C)C)OC[C@H]1O[C@@H](n2cnc3c(OCC)nc(C)nc32)[C@@](C)(O)C1O. The van der Waals surface area contributed by atoms with Crippen LogP contribution in [0.1, 0.15) is 66.9 Å². The van der Waals surface area contributed by atoms with Gasteiger partial charge < -0.3 is 29.2 Å². The van der Waals surface area contributed by atoms with Crippen molar-refractivity contribution in [2.24, 2.45) is 5.92 Å². The summed E-state index contributed by atoms with van der Waals surface area (Å²) in [5.74, 6) is -0.877. The third-order valence-corrected chi connectivity index (χ3v) is 8.10. The Labute approximate surface area is 256 Å². The fraction of sp³-hybridized carbons (Fsp3) is 0.741. The molecule has 1 saturated heterocycles. The molecular formula is C27H44N5O11P. The van der Waals surface area contributed by atoms with E-state index in [0.717, 1.165) is 0 Å². The highest BCUT2D eigenvalue weighted by molar-refractivity contribution is 7.51. The zero-order chi connectivity index (χ0) is 32.8. The molecule has 3 rings (SSSR count).